The van der Waals surface area contributed by atoms with Crippen LogP contribution >= 0.6 is 0 Å². The monoisotopic (exact) mass is 948 g/mol. The molecule has 334 valence electrons. The molecule has 6 aliphatic heterocycles. The van der Waals surface area contributed by atoms with Crippen molar-refractivity contribution in [2.75, 3.05) is 19.8 Å². The lowest BCUT2D eigenvalue weighted by Gasteiger charge is -2.64. The van der Waals surface area contributed by atoms with Gasteiger partial charge in [-0.15, -0.1) is 0 Å². The smallest absolute Gasteiger partial charge is 0.394 e. The fraction of sp³-hybridized carbons (Fsp3) is 1.00. The van der Waals surface area contributed by atoms with E-state index in [1.807, 2.05) is 0 Å². The molecular formula is C34H76O15Si8. The van der Waals surface area contributed by atoms with Crippen LogP contribution in [0.4, 0.5) is 0 Å². The number of hydrogen-bond donors (Lipinski definition) is 2. The van der Waals surface area contributed by atoms with Crippen LogP contribution in [0.2, 0.25) is 48.4 Å². The molecule has 23 heteroatoms. The highest BCUT2D eigenvalue weighted by molar-refractivity contribution is 7.03. The second-order valence-corrected chi connectivity index (χ2v) is 44.0. The summed E-state index contributed by atoms with van der Waals surface area (Å²) in [7, 11) is -31.8. The molecule has 6 saturated heterocycles. The minimum atomic E-state index is -4.07. The Balaban J connectivity index is 1.88. The highest BCUT2D eigenvalue weighted by Gasteiger charge is 2.83. The molecular weight excluding hydrogens is 873 g/mol. The summed E-state index contributed by atoms with van der Waals surface area (Å²) in [5.41, 5.74) is 0. The second-order valence-electron chi connectivity index (χ2n) is 19.9. The van der Waals surface area contributed by atoms with Crippen molar-refractivity contribution in [3.05, 3.63) is 0 Å². The Morgan fingerprint density at radius 1 is 0.368 bits per heavy atom. The molecule has 8 bridgehead atoms. The van der Waals surface area contributed by atoms with Gasteiger partial charge in [-0.3, -0.25) is 0 Å². The maximum Gasteiger partial charge on any atom is 0.479 e. The van der Waals surface area contributed by atoms with Crippen LogP contribution in [0.25, 0.3) is 0 Å². The van der Waals surface area contributed by atoms with Gasteiger partial charge in [0.25, 0.3) is 0 Å². The van der Waals surface area contributed by atoms with E-state index in [0.29, 0.717) is 54.8 Å². The van der Waals surface area contributed by atoms with Crippen LogP contribution in [-0.4, -0.2) is 107 Å². The molecule has 2 N–H and O–H groups in total. The molecule has 0 saturated carbocycles. The van der Waals surface area contributed by atoms with E-state index in [1.165, 1.54) is 0 Å². The second kappa shape index (κ2) is 18.7. The Morgan fingerprint density at radius 3 is 0.772 bits per heavy atom. The first-order chi connectivity index (χ1) is 26.4. The summed E-state index contributed by atoms with van der Waals surface area (Å²) in [5, 5.41) is 19.5. The van der Waals surface area contributed by atoms with E-state index in [-0.39, 0.29) is 61.2 Å². The van der Waals surface area contributed by atoms with E-state index in [9.17, 15) is 10.2 Å². The fourth-order valence-corrected chi connectivity index (χ4v) is 60.1. The molecule has 0 aromatic rings. The number of rotatable bonds is 21. The average molecular weight is 950 g/mol. The molecule has 1 unspecified atom stereocenters. The first-order valence-corrected chi connectivity index (χ1v) is 37.1. The highest BCUT2D eigenvalue weighted by Crippen LogP contribution is 2.55. The highest BCUT2D eigenvalue weighted by atomic mass is 28.6. The van der Waals surface area contributed by atoms with Gasteiger partial charge in [0.05, 0.1) is 13.2 Å². The summed E-state index contributed by atoms with van der Waals surface area (Å²) in [5.74, 6) is 0.612. The molecule has 0 amide bonds. The van der Waals surface area contributed by atoms with Gasteiger partial charge in [-0.2, -0.15) is 0 Å². The summed E-state index contributed by atoms with van der Waals surface area (Å²) in [4.78, 5) is 0. The molecule has 57 heavy (non-hydrogen) atoms. The average Bonchev–Trinajstić information content (AvgIpc) is 2.94. The molecule has 0 radical (unpaired) electrons. The van der Waals surface area contributed by atoms with E-state index in [4.69, 9.17) is 54.1 Å². The number of hydrogen-bond acceptors (Lipinski definition) is 15. The maximum absolute atomic E-state index is 10.0. The summed E-state index contributed by atoms with van der Waals surface area (Å²) in [6.45, 7) is 29.8. The third-order valence-corrected chi connectivity index (χ3v) is 49.7. The lowest BCUT2D eigenvalue weighted by atomic mass is 10.3. The van der Waals surface area contributed by atoms with E-state index in [0.717, 1.165) is 0 Å². The zero-order valence-electron chi connectivity index (χ0n) is 37.3. The van der Waals surface area contributed by atoms with Gasteiger partial charge >= 0.3 is 70.4 Å². The summed E-state index contributed by atoms with van der Waals surface area (Å²) >= 11 is 0. The third kappa shape index (κ3) is 12.2. The SMILES string of the molecule is CC(C)C[Si]12O[Si]3(CCCOCC(O)CO)O[Si]4(CC(C)C)O[Si](CC(C)C)(O1)O[Si]1(CC(C)C)O[Si](CC(C)C)(O2)O[Si](CC(C)C)(O3)O[Si](CC(C)C)(O4)O1. The van der Waals surface area contributed by atoms with Crippen LogP contribution < -0.4 is 0 Å². The molecule has 0 aliphatic carbocycles. The first-order valence-electron chi connectivity index (χ1n) is 21.6. The molecule has 6 heterocycles. The Kier molecular flexibility index (Phi) is 16.1. The number of aliphatic hydroxyl groups is 2. The van der Waals surface area contributed by atoms with Crippen LogP contribution in [0, 0.1) is 41.4 Å². The van der Waals surface area contributed by atoms with Crippen LogP contribution in [0.1, 0.15) is 103 Å². The Bertz CT molecular complexity index is 1180. The predicted molar refractivity (Wildman–Crippen MR) is 230 cm³/mol. The Labute approximate surface area is 352 Å². The van der Waals surface area contributed by atoms with Crippen LogP contribution in [0.15, 0.2) is 0 Å². The zero-order chi connectivity index (χ0) is 42.3. The summed E-state index contributed by atoms with van der Waals surface area (Å²) < 4.78 is 98.8. The maximum atomic E-state index is 10.0. The van der Waals surface area contributed by atoms with Gasteiger partial charge in [0.1, 0.15) is 6.10 Å². The van der Waals surface area contributed by atoms with Crippen molar-refractivity contribution < 1.29 is 64.3 Å². The molecule has 1 atom stereocenters. The van der Waals surface area contributed by atoms with E-state index in [1.54, 1.807) is 0 Å². The van der Waals surface area contributed by atoms with Gasteiger partial charge in [0.15, 0.2) is 0 Å². The largest absolute Gasteiger partial charge is 0.479 e. The van der Waals surface area contributed by atoms with Crippen molar-refractivity contribution in [2.24, 2.45) is 41.4 Å². The molecule has 15 nitrogen and oxygen atoms in total. The number of ether oxygens (including phenoxy) is 1. The molecule has 6 rings (SSSR count). The lowest BCUT2D eigenvalue weighted by molar-refractivity contribution is -0.0349. The van der Waals surface area contributed by atoms with Crippen molar-refractivity contribution in [3.63, 3.8) is 0 Å². The topological polar surface area (TPSA) is 160 Å². The summed E-state index contributed by atoms with van der Waals surface area (Å²) in [6, 6.07) is 3.40. The van der Waals surface area contributed by atoms with Gasteiger partial charge in [-0.1, -0.05) is 96.9 Å². The fourth-order valence-electron chi connectivity index (χ4n) is 8.53. The van der Waals surface area contributed by atoms with Crippen molar-refractivity contribution in [1.29, 1.82) is 0 Å². The van der Waals surface area contributed by atoms with E-state index in [2.05, 4.69) is 96.9 Å². The van der Waals surface area contributed by atoms with Crippen molar-refractivity contribution in [1.82, 2.24) is 0 Å². The van der Waals surface area contributed by atoms with E-state index < -0.39 is 76.5 Å². The first kappa shape index (κ1) is 49.2. The van der Waals surface area contributed by atoms with Gasteiger partial charge in [-0.05, 0) is 47.8 Å². The van der Waals surface area contributed by atoms with Crippen molar-refractivity contribution in [3.8, 4) is 0 Å². The van der Waals surface area contributed by atoms with Crippen molar-refractivity contribution in [2.45, 2.75) is 158 Å². The molecule has 6 aliphatic rings. The van der Waals surface area contributed by atoms with Gasteiger partial charge in [0, 0.05) is 55.0 Å². The third-order valence-electron chi connectivity index (χ3n) is 9.63. The normalized spacial score (nSPS) is 39.8. The minimum absolute atomic E-state index is 0.00754. The standard InChI is InChI=1S/C34H76O15Si8/c1-27(2)20-51-38-50(17-15-16-37-19-34(36)18-35)39-52(21-28(3)4)43-54(41-51,23-30(7)8)47-57(26-33(13)14)48-55(42-51,24-31(9)10)44-53(40-50,22-29(5)6)46-56(45-52,49-57)25-32(11)12/h27-36H,15-26H2,1-14H3. The molecule has 0 aromatic carbocycles. The van der Waals surface area contributed by atoms with Crippen LogP contribution in [-0.2, 0) is 54.1 Å². The van der Waals surface area contributed by atoms with Crippen LogP contribution in [0.3, 0.4) is 0 Å². The van der Waals surface area contributed by atoms with Crippen LogP contribution in [0.5, 0.6) is 0 Å². The number of aliphatic hydroxyl groups excluding tert-OH is 2. The Morgan fingerprint density at radius 2 is 0.579 bits per heavy atom. The molecule has 0 spiro atoms. The van der Waals surface area contributed by atoms with Gasteiger partial charge in [-0.25, -0.2) is 0 Å². The molecule has 0 aromatic heterocycles. The Hall–Kier alpha value is 1.14. The lowest BCUT2D eigenvalue weighted by Crippen LogP contribution is -2.88. The van der Waals surface area contributed by atoms with Gasteiger partial charge < -0.3 is 64.3 Å². The summed E-state index contributed by atoms with van der Waals surface area (Å²) in [6.07, 6.45) is -0.536. The minimum Gasteiger partial charge on any atom is -0.394 e. The molecule has 6 fully saturated rings. The van der Waals surface area contributed by atoms with Crippen molar-refractivity contribution >= 4 is 70.4 Å². The zero-order valence-corrected chi connectivity index (χ0v) is 45.3. The quantitative estimate of drug-likeness (QED) is 0.0884. The van der Waals surface area contributed by atoms with E-state index >= 15 is 0 Å². The predicted octanol–water partition coefficient (Wildman–Crippen LogP) is 7.12. The van der Waals surface area contributed by atoms with Gasteiger partial charge in [0.2, 0.25) is 0 Å².